The first kappa shape index (κ1) is 95.1. The van der Waals surface area contributed by atoms with E-state index in [1.165, 1.54) is 225 Å². The molecule has 0 spiro atoms. The lowest BCUT2D eigenvalue weighted by Gasteiger charge is -2.21. The molecule has 0 bridgehead atoms. The summed E-state index contributed by atoms with van der Waals surface area (Å²) in [5, 5.41) is 10.6. The molecule has 0 aromatic rings. The maximum absolute atomic E-state index is 13.1. The number of hydrogen-bond donors (Lipinski definition) is 3. The molecule has 0 aliphatic rings. The highest BCUT2D eigenvalue weighted by molar-refractivity contribution is 7.47. The molecule has 3 N–H and O–H groups in total. The molecular formula is C78H152O17P2. The van der Waals surface area contributed by atoms with Crippen LogP contribution in [0.5, 0.6) is 0 Å². The number of carbonyl (C=O) groups is 4. The first-order chi connectivity index (χ1) is 46.9. The predicted octanol–water partition coefficient (Wildman–Crippen LogP) is 23.1. The number of unbranched alkanes of at least 4 members (excludes halogenated alkanes) is 47. The Bertz CT molecular complexity index is 1870. The van der Waals surface area contributed by atoms with E-state index < -0.39 is 97.5 Å². The van der Waals surface area contributed by atoms with Crippen LogP contribution in [0.1, 0.15) is 408 Å². The van der Waals surface area contributed by atoms with Crippen LogP contribution < -0.4 is 0 Å². The third-order valence-electron chi connectivity index (χ3n) is 18.2. The summed E-state index contributed by atoms with van der Waals surface area (Å²) in [5.74, 6) is -0.532. The lowest BCUT2D eigenvalue weighted by atomic mass is 10.0. The maximum atomic E-state index is 13.1. The largest absolute Gasteiger partial charge is 0.472 e. The zero-order valence-corrected chi connectivity index (χ0v) is 65.2. The summed E-state index contributed by atoms with van der Waals surface area (Å²) in [6, 6.07) is 0. The zero-order chi connectivity index (χ0) is 71.4. The SMILES string of the molecule is CCCCCCCCCCCCCCCC(=O)O[C@H](COC(=O)CCCCCCCCCCCCCC)COP(=O)(O)OC[C@H](O)COP(=O)(O)OC[C@@H](COC(=O)CCCCCCCCCCCCCCCC(C)C)OC(=O)CCCCCCCCCCCCCCCC(C)C. The van der Waals surface area contributed by atoms with Crippen molar-refractivity contribution in [3.8, 4) is 0 Å². The number of carbonyl (C=O) groups excluding carboxylic acids is 4. The molecule has 0 aliphatic carbocycles. The smallest absolute Gasteiger partial charge is 0.462 e. The minimum atomic E-state index is -4.96. The van der Waals surface area contributed by atoms with Gasteiger partial charge in [-0.3, -0.25) is 37.3 Å². The van der Waals surface area contributed by atoms with Crippen LogP contribution in [0.4, 0.5) is 0 Å². The number of ether oxygens (including phenoxy) is 4. The molecule has 0 saturated heterocycles. The highest BCUT2D eigenvalue weighted by atomic mass is 31.2. The van der Waals surface area contributed by atoms with Crippen LogP contribution >= 0.6 is 15.6 Å². The molecule has 576 valence electrons. The van der Waals surface area contributed by atoms with Crippen LogP contribution in [0.2, 0.25) is 0 Å². The Hall–Kier alpha value is -1.94. The van der Waals surface area contributed by atoms with Crippen molar-refractivity contribution >= 4 is 39.5 Å². The van der Waals surface area contributed by atoms with Crippen molar-refractivity contribution in [3.63, 3.8) is 0 Å². The van der Waals surface area contributed by atoms with E-state index in [1.54, 1.807) is 0 Å². The van der Waals surface area contributed by atoms with Gasteiger partial charge in [-0.15, -0.1) is 0 Å². The van der Waals surface area contributed by atoms with Gasteiger partial charge in [0.1, 0.15) is 19.3 Å². The minimum Gasteiger partial charge on any atom is -0.462 e. The summed E-state index contributed by atoms with van der Waals surface area (Å²) < 4.78 is 68.6. The van der Waals surface area contributed by atoms with Crippen LogP contribution in [-0.4, -0.2) is 96.7 Å². The second-order valence-electron chi connectivity index (χ2n) is 29.1. The average Bonchev–Trinajstić information content (AvgIpc) is 0.996. The lowest BCUT2D eigenvalue weighted by molar-refractivity contribution is -0.161. The van der Waals surface area contributed by atoms with E-state index in [1.807, 2.05) is 0 Å². The highest BCUT2D eigenvalue weighted by Gasteiger charge is 2.30. The van der Waals surface area contributed by atoms with Gasteiger partial charge in [-0.05, 0) is 37.5 Å². The average molecular weight is 1420 g/mol. The molecule has 0 fully saturated rings. The van der Waals surface area contributed by atoms with Crippen LogP contribution in [0.3, 0.4) is 0 Å². The maximum Gasteiger partial charge on any atom is 0.472 e. The van der Waals surface area contributed by atoms with Gasteiger partial charge in [-0.25, -0.2) is 9.13 Å². The predicted molar refractivity (Wildman–Crippen MR) is 395 cm³/mol. The van der Waals surface area contributed by atoms with Crippen molar-refractivity contribution in [1.29, 1.82) is 0 Å². The van der Waals surface area contributed by atoms with Crippen molar-refractivity contribution in [1.82, 2.24) is 0 Å². The van der Waals surface area contributed by atoms with E-state index in [0.29, 0.717) is 25.7 Å². The number of aliphatic hydroxyl groups excluding tert-OH is 1. The van der Waals surface area contributed by atoms with Crippen molar-refractivity contribution in [3.05, 3.63) is 0 Å². The number of esters is 4. The van der Waals surface area contributed by atoms with E-state index in [4.69, 9.17) is 37.0 Å². The second-order valence-corrected chi connectivity index (χ2v) is 32.0. The Morgan fingerprint density at radius 1 is 0.278 bits per heavy atom. The van der Waals surface area contributed by atoms with Crippen molar-refractivity contribution in [2.75, 3.05) is 39.6 Å². The number of hydrogen-bond acceptors (Lipinski definition) is 15. The van der Waals surface area contributed by atoms with Gasteiger partial charge in [-0.1, -0.05) is 356 Å². The molecule has 0 rings (SSSR count). The fraction of sp³-hybridized carbons (Fsp3) is 0.949. The molecule has 0 radical (unpaired) electrons. The van der Waals surface area contributed by atoms with Gasteiger partial charge in [0.15, 0.2) is 12.2 Å². The van der Waals surface area contributed by atoms with Crippen molar-refractivity contribution in [2.24, 2.45) is 11.8 Å². The quantitative estimate of drug-likeness (QED) is 0.0222. The second kappa shape index (κ2) is 69.8. The topological polar surface area (TPSA) is 237 Å². The van der Waals surface area contributed by atoms with Gasteiger partial charge in [0, 0.05) is 25.7 Å². The first-order valence-electron chi connectivity index (χ1n) is 40.5. The van der Waals surface area contributed by atoms with E-state index in [2.05, 4.69) is 41.5 Å². The number of rotatable bonds is 77. The Morgan fingerprint density at radius 3 is 0.701 bits per heavy atom. The van der Waals surface area contributed by atoms with Gasteiger partial charge in [-0.2, -0.15) is 0 Å². The molecule has 0 amide bonds. The zero-order valence-electron chi connectivity index (χ0n) is 63.4. The molecule has 17 nitrogen and oxygen atoms in total. The molecule has 0 heterocycles. The van der Waals surface area contributed by atoms with E-state index >= 15 is 0 Å². The number of aliphatic hydroxyl groups is 1. The van der Waals surface area contributed by atoms with Crippen LogP contribution in [0.25, 0.3) is 0 Å². The molecule has 0 aromatic heterocycles. The Morgan fingerprint density at radius 2 is 0.474 bits per heavy atom. The molecule has 2 unspecified atom stereocenters. The van der Waals surface area contributed by atoms with Gasteiger partial charge in [0.2, 0.25) is 0 Å². The minimum absolute atomic E-state index is 0.108. The molecule has 97 heavy (non-hydrogen) atoms. The monoisotopic (exact) mass is 1420 g/mol. The fourth-order valence-corrected chi connectivity index (χ4v) is 13.6. The summed E-state index contributed by atoms with van der Waals surface area (Å²) in [5.41, 5.74) is 0. The summed E-state index contributed by atoms with van der Waals surface area (Å²) in [6.07, 6.45) is 58.0. The van der Waals surface area contributed by atoms with Gasteiger partial charge < -0.3 is 33.8 Å². The van der Waals surface area contributed by atoms with E-state index in [-0.39, 0.29) is 25.7 Å². The molecule has 0 aliphatic heterocycles. The van der Waals surface area contributed by atoms with Gasteiger partial charge >= 0.3 is 39.5 Å². The van der Waals surface area contributed by atoms with Gasteiger partial charge in [0.25, 0.3) is 0 Å². The van der Waals surface area contributed by atoms with Crippen LogP contribution in [0, 0.1) is 11.8 Å². The van der Waals surface area contributed by atoms with Crippen molar-refractivity contribution < 1.29 is 80.2 Å². The van der Waals surface area contributed by atoms with E-state index in [0.717, 1.165) is 102 Å². The Balaban J connectivity index is 5.26. The summed E-state index contributed by atoms with van der Waals surface area (Å²) in [7, 11) is -9.91. The molecular weight excluding hydrogens is 1270 g/mol. The summed E-state index contributed by atoms with van der Waals surface area (Å²) >= 11 is 0. The Kier molecular flexibility index (Phi) is 68.4. The highest BCUT2D eigenvalue weighted by Crippen LogP contribution is 2.45. The van der Waals surface area contributed by atoms with Crippen LogP contribution in [-0.2, 0) is 65.4 Å². The summed E-state index contributed by atoms with van der Waals surface area (Å²) in [6.45, 7) is 9.66. The number of phosphoric acid groups is 2. The lowest BCUT2D eigenvalue weighted by Crippen LogP contribution is -2.30. The molecule has 19 heteroatoms. The molecule has 5 atom stereocenters. The third-order valence-corrected chi connectivity index (χ3v) is 20.1. The first-order valence-corrected chi connectivity index (χ1v) is 43.5. The molecule has 0 aromatic carbocycles. The van der Waals surface area contributed by atoms with Crippen molar-refractivity contribution in [2.45, 2.75) is 426 Å². The van der Waals surface area contributed by atoms with Gasteiger partial charge in [0.05, 0.1) is 26.4 Å². The summed E-state index contributed by atoms with van der Waals surface area (Å²) in [4.78, 5) is 72.9. The molecule has 0 saturated carbocycles. The number of phosphoric ester groups is 2. The Labute approximate surface area is 594 Å². The van der Waals surface area contributed by atoms with E-state index in [9.17, 15) is 43.2 Å². The van der Waals surface area contributed by atoms with Crippen LogP contribution in [0.15, 0.2) is 0 Å². The fourth-order valence-electron chi connectivity index (χ4n) is 12.0. The standard InChI is InChI=1S/C78H152O17P2/c1-7-9-11-13-15-17-19-23-32-38-44-50-56-62-77(82)94-73(66-88-75(80)60-54-48-42-36-30-20-18-16-14-12-10-8-2)68-92-96(84,85)90-64-72(79)65-91-97(86,87)93-69-74(95-78(83)63-57-51-45-39-33-27-22-25-29-35-41-47-53-59-71(5)6)67-89-76(81)61-55-49-43-37-31-26-21-24-28-34-40-46-52-58-70(3)4/h70-74,79H,7-69H2,1-6H3,(H,84,85)(H,86,87)/t72-,73+,74+/m0/s1. The third kappa shape index (κ3) is 72.2. The normalized spacial score (nSPS) is 14.0.